The highest BCUT2D eigenvalue weighted by Gasteiger charge is 2.41. The van der Waals surface area contributed by atoms with Gasteiger partial charge in [0.1, 0.15) is 6.10 Å². The van der Waals surface area contributed by atoms with Crippen molar-refractivity contribution in [2.24, 2.45) is 11.8 Å². The zero-order chi connectivity index (χ0) is 12.4. The Bertz CT molecular complexity index is 418. The zero-order valence-electron chi connectivity index (χ0n) is 10.5. The van der Waals surface area contributed by atoms with Crippen LogP contribution in [0.5, 0.6) is 0 Å². The Labute approximate surface area is 108 Å². The molecule has 2 fully saturated rings. The van der Waals surface area contributed by atoms with Crippen LogP contribution < -0.4 is 5.32 Å². The molecule has 3 nitrogen and oxygen atoms in total. The fourth-order valence-corrected chi connectivity index (χ4v) is 3.46. The van der Waals surface area contributed by atoms with E-state index in [1.807, 2.05) is 30.3 Å². The predicted molar refractivity (Wildman–Crippen MR) is 70.4 cm³/mol. The fourth-order valence-electron chi connectivity index (χ4n) is 3.46. The number of amides is 1. The number of ether oxygens (including phenoxy) is 1. The molecule has 0 saturated heterocycles. The van der Waals surface area contributed by atoms with Crippen molar-refractivity contribution < 1.29 is 9.53 Å². The highest BCUT2D eigenvalue weighted by molar-refractivity contribution is 5.84. The van der Waals surface area contributed by atoms with Crippen molar-refractivity contribution in [1.29, 1.82) is 0 Å². The van der Waals surface area contributed by atoms with Gasteiger partial charge in [0, 0.05) is 5.69 Å². The molecule has 0 spiro atoms. The van der Waals surface area contributed by atoms with E-state index >= 15 is 0 Å². The van der Waals surface area contributed by atoms with Crippen LogP contribution in [0.1, 0.15) is 32.1 Å². The molecule has 1 aromatic carbocycles. The van der Waals surface area contributed by atoms with Crippen LogP contribution in [0, 0.1) is 11.8 Å². The molecule has 0 aliphatic heterocycles. The standard InChI is InChI=1S/C15H19NO2/c17-15(16-12-6-2-1-3-7-12)18-14-10-9-11-5-4-8-13(11)14/h1-3,6-7,11,13-14H,4-5,8-10H2,(H,16,17)/t11-,13+,14-/m1/s1. The fraction of sp³-hybridized carbons (Fsp3) is 0.533. The van der Waals surface area contributed by atoms with Crippen LogP contribution in [-0.4, -0.2) is 12.2 Å². The molecule has 1 aromatic rings. The van der Waals surface area contributed by atoms with Crippen molar-refractivity contribution in [3.8, 4) is 0 Å². The molecule has 0 aromatic heterocycles. The Morgan fingerprint density at radius 3 is 2.78 bits per heavy atom. The second-order valence-electron chi connectivity index (χ2n) is 5.37. The van der Waals surface area contributed by atoms with Gasteiger partial charge in [-0.3, -0.25) is 5.32 Å². The first-order valence-corrected chi connectivity index (χ1v) is 6.85. The van der Waals surface area contributed by atoms with E-state index in [2.05, 4.69) is 5.32 Å². The van der Waals surface area contributed by atoms with Crippen molar-refractivity contribution in [3.05, 3.63) is 30.3 Å². The molecular formula is C15H19NO2. The van der Waals surface area contributed by atoms with Gasteiger partial charge in [-0.05, 0) is 43.2 Å². The second kappa shape index (κ2) is 5.01. The van der Waals surface area contributed by atoms with Crippen LogP contribution in [-0.2, 0) is 4.74 Å². The minimum absolute atomic E-state index is 0.140. The summed E-state index contributed by atoms with van der Waals surface area (Å²) in [5, 5.41) is 2.79. The van der Waals surface area contributed by atoms with Gasteiger partial charge in [-0.15, -0.1) is 0 Å². The zero-order valence-corrected chi connectivity index (χ0v) is 10.5. The van der Waals surface area contributed by atoms with Crippen molar-refractivity contribution in [2.45, 2.75) is 38.2 Å². The predicted octanol–water partition coefficient (Wildman–Crippen LogP) is 3.81. The Balaban J connectivity index is 1.55. The van der Waals surface area contributed by atoms with Crippen LogP contribution in [0.15, 0.2) is 30.3 Å². The van der Waals surface area contributed by atoms with Gasteiger partial charge in [-0.1, -0.05) is 31.0 Å². The smallest absolute Gasteiger partial charge is 0.411 e. The summed E-state index contributed by atoms with van der Waals surface area (Å²) in [6.07, 6.45) is 5.96. The number of rotatable bonds is 2. The Morgan fingerprint density at radius 2 is 1.94 bits per heavy atom. The number of hydrogen-bond acceptors (Lipinski definition) is 2. The summed E-state index contributed by atoms with van der Waals surface area (Å²) in [5.74, 6) is 1.42. The molecule has 2 aliphatic carbocycles. The summed E-state index contributed by atoms with van der Waals surface area (Å²) in [6, 6.07) is 9.47. The lowest BCUT2D eigenvalue weighted by Crippen LogP contribution is -2.25. The number of carbonyl (C=O) groups is 1. The molecule has 18 heavy (non-hydrogen) atoms. The molecule has 0 unspecified atom stereocenters. The number of fused-ring (bicyclic) bond motifs is 1. The summed E-state index contributed by atoms with van der Waals surface area (Å²) in [4.78, 5) is 11.8. The minimum atomic E-state index is -0.307. The van der Waals surface area contributed by atoms with E-state index in [1.165, 1.54) is 25.7 Å². The van der Waals surface area contributed by atoms with Gasteiger partial charge in [0.05, 0.1) is 0 Å². The maximum Gasteiger partial charge on any atom is 0.411 e. The van der Waals surface area contributed by atoms with E-state index in [4.69, 9.17) is 4.74 Å². The van der Waals surface area contributed by atoms with Crippen LogP contribution in [0.2, 0.25) is 0 Å². The van der Waals surface area contributed by atoms with E-state index in [1.54, 1.807) is 0 Å². The molecule has 96 valence electrons. The number of benzene rings is 1. The van der Waals surface area contributed by atoms with Crippen LogP contribution in [0.25, 0.3) is 0 Å². The Hall–Kier alpha value is -1.51. The monoisotopic (exact) mass is 245 g/mol. The first-order chi connectivity index (χ1) is 8.83. The molecule has 3 heteroatoms. The summed E-state index contributed by atoms with van der Waals surface area (Å²) in [5.41, 5.74) is 0.795. The van der Waals surface area contributed by atoms with Gasteiger partial charge in [0.25, 0.3) is 0 Å². The molecular weight excluding hydrogens is 226 g/mol. The Morgan fingerprint density at radius 1 is 1.11 bits per heavy atom. The van der Waals surface area contributed by atoms with E-state index in [9.17, 15) is 4.79 Å². The highest BCUT2D eigenvalue weighted by atomic mass is 16.6. The van der Waals surface area contributed by atoms with E-state index < -0.39 is 0 Å². The molecule has 1 N–H and O–H groups in total. The third-order valence-electron chi connectivity index (χ3n) is 4.30. The molecule has 0 radical (unpaired) electrons. The maximum atomic E-state index is 11.8. The van der Waals surface area contributed by atoms with Crippen molar-refractivity contribution in [3.63, 3.8) is 0 Å². The average Bonchev–Trinajstić information content (AvgIpc) is 2.95. The van der Waals surface area contributed by atoms with Gasteiger partial charge in [-0.25, -0.2) is 4.79 Å². The summed E-state index contributed by atoms with van der Waals surface area (Å²) >= 11 is 0. The van der Waals surface area contributed by atoms with Gasteiger partial charge >= 0.3 is 6.09 Å². The van der Waals surface area contributed by atoms with Crippen molar-refractivity contribution >= 4 is 11.8 Å². The van der Waals surface area contributed by atoms with Crippen molar-refractivity contribution in [1.82, 2.24) is 0 Å². The molecule has 0 bridgehead atoms. The van der Waals surface area contributed by atoms with Crippen LogP contribution >= 0.6 is 0 Å². The number of nitrogens with one attached hydrogen (secondary N) is 1. The van der Waals surface area contributed by atoms with Crippen molar-refractivity contribution in [2.75, 3.05) is 5.32 Å². The van der Waals surface area contributed by atoms with Gasteiger partial charge in [-0.2, -0.15) is 0 Å². The lowest BCUT2D eigenvalue weighted by Gasteiger charge is -2.19. The van der Waals surface area contributed by atoms with Gasteiger partial charge < -0.3 is 4.74 Å². The van der Waals surface area contributed by atoms with E-state index in [0.717, 1.165) is 18.0 Å². The van der Waals surface area contributed by atoms with Crippen LogP contribution in [0.4, 0.5) is 10.5 Å². The molecule has 3 atom stereocenters. The molecule has 1 amide bonds. The van der Waals surface area contributed by atoms with E-state index in [0.29, 0.717) is 5.92 Å². The third kappa shape index (κ3) is 2.35. The SMILES string of the molecule is O=C(Nc1ccccc1)O[C@@H]1CC[C@H]2CCC[C@@H]21. The van der Waals surface area contributed by atoms with E-state index in [-0.39, 0.29) is 12.2 Å². The second-order valence-corrected chi connectivity index (χ2v) is 5.37. The topological polar surface area (TPSA) is 38.3 Å². The average molecular weight is 245 g/mol. The number of hydrogen-bond donors (Lipinski definition) is 1. The minimum Gasteiger partial charge on any atom is -0.446 e. The largest absolute Gasteiger partial charge is 0.446 e. The lowest BCUT2D eigenvalue weighted by atomic mass is 9.99. The number of carbonyl (C=O) groups excluding carboxylic acids is 1. The number of para-hydroxylation sites is 1. The summed E-state index contributed by atoms with van der Waals surface area (Å²) in [6.45, 7) is 0. The maximum absolute atomic E-state index is 11.8. The lowest BCUT2D eigenvalue weighted by molar-refractivity contribution is 0.0835. The summed E-state index contributed by atoms with van der Waals surface area (Å²) in [7, 11) is 0. The van der Waals surface area contributed by atoms with Gasteiger partial charge in [0.15, 0.2) is 0 Å². The number of anilines is 1. The molecule has 2 saturated carbocycles. The quantitative estimate of drug-likeness (QED) is 0.860. The first kappa shape index (κ1) is 11.6. The molecule has 3 rings (SSSR count). The first-order valence-electron chi connectivity index (χ1n) is 6.85. The normalized spacial score (nSPS) is 29.9. The Kier molecular flexibility index (Phi) is 3.22. The molecule has 2 aliphatic rings. The van der Waals surface area contributed by atoms with Gasteiger partial charge in [0.2, 0.25) is 0 Å². The molecule has 0 heterocycles. The summed E-state index contributed by atoms with van der Waals surface area (Å²) < 4.78 is 5.58. The highest BCUT2D eigenvalue weighted by Crippen LogP contribution is 2.45. The van der Waals surface area contributed by atoms with Crippen LogP contribution in [0.3, 0.4) is 0 Å². The third-order valence-corrected chi connectivity index (χ3v) is 4.30.